The van der Waals surface area contributed by atoms with Crippen LogP contribution >= 0.6 is 0 Å². The van der Waals surface area contributed by atoms with Crippen LogP contribution in [0.25, 0.3) is 11.4 Å². The van der Waals surface area contributed by atoms with Crippen molar-refractivity contribution in [3.63, 3.8) is 0 Å². The molecule has 1 aliphatic rings. The summed E-state index contributed by atoms with van der Waals surface area (Å²) in [5, 5.41) is 9.47. The molecule has 0 amide bonds. The van der Waals surface area contributed by atoms with Crippen molar-refractivity contribution in [1.82, 2.24) is 15.2 Å². The van der Waals surface area contributed by atoms with Crippen LogP contribution in [0.15, 0.2) is 42.4 Å². The quantitative estimate of drug-likeness (QED) is 0.503. The minimum atomic E-state index is -1.26. The molecule has 2 aromatic rings. The number of ether oxygens (including phenoxy) is 2. The highest BCUT2D eigenvalue weighted by Gasteiger charge is 2.38. The number of rotatable bonds is 3. The number of hydrogen-bond acceptors (Lipinski definition) is 7. The second kappa shape index (κ2) is 5.56. The van der Waals surface area contributed by atoms with E-state index in [0.717, 1.165) is 5.56 Å². The molecular weight excluding hydrogens is 300 g/mol. The normalized spacial score (nSPS) is 16.5. The highest BCUT2D eigenvalue weighted by molar-refractivity contribution is 6.15. The van der Waals surface area contributed by atoms with E-state index in [9.17, 15) is 9.59 Å². The van der Waals surface area contributed by atoms with Crippen LogP contribution in [-0.4, -0.2) is 32.9 Å². The van der Waals surface area contributed by atoms with Crippen LogP contribution in [0.5, 0.6) is 0 Å². The van der Waals surface area contributed by atoms with Gasteiger partial charge in [0.25, 0.3) is 5.79 Å². The highest BCUT2D eigenvalue weighted by Crippen LogP contribution is 2.26. The number of aromatic nitrogens is 3. The van der Waals surface area contributed by atoms with E-state index in [1.807, 2.05) is 12.1 Å². The first-order chi connectivity index (χ1) is 11.0. The van der Waals surface area contributed by atoms with Crippen LogP contribution in [0.4, 0.5) is 5.69 Å². The minimum absolute atomic E-state index is 0.211. The summed E-state index contributed by atoms with van der Waals surface area (Å²) < 4.78 is 10.1. The fourth-order valence-corrected chi connectivity index (χ4v) is 2.08. The summed E-state index contributed by atoms with van der Waals surface area (Å²) in [6.45, 7) is 2.98. The van der Waals surface area contributed by atoms with Gasteiger partial charge in [0.1, 0.15) is 6.33 Å². The van der Waals surface area contributed by atoms with Gasteiger partial charge in [-0.05, 0) is 12.1 Å². The Morgan fingerprint density at radius 2 is 1.87 bits per heavy atom. The number of para-hydroxylation sites is 1. The summed E-state index contributed by atoms with van der Waals surface area (Å²) >= 11 is 0. The Kier molecular flexibility index (Phi) is 3.57. The third-order valence-electron chi connectivity index (χ3n) is 3.09. The lowest BCUT2D eigenvalue weighted by atomic mass is 10.1. The fourth-order valence-electron chi connectivity index (χ4n) is 2.08. The number of esters is 2. The molecular formula is C15H14N4O4. The molecule has 0 atom stereocenters. The molecule has 0 aliphatic carbocycles. The third-order valence-corrected chi connectivity index (χ3v) is 3.09. The van der Waals surface area contributed by atoms with Crippen molar-refractivity contribution in [3.8, 4) is 11.4 Å². The summed E-state index contributed by atoms with van der Waals surface area (Å²) in [4.78, 5) is 27.9. The highest BCUT2D eigenvalue weighted by atomic mass is 16.7. The molecule has 1 aromatic heterocycles. The average Bonchev–Trinajstić information content (AvgIpc) is 2.99. The van der Waals surface area contributed by atoms with E-state index < -0.39 is 17.7 Å². The smallest absolute Gasteiger partial charge is 0.350 e. The van der Waals surface area contributed by atoms with Crippen LogP contribution in [0.2, 0.25) is 0 Å². The van der Waals surface area contributed by atoms with Crippen molar-refractivity contribution >= 4 is 17.6 Å². The maximum atomic E-state index is 11.9. The summed E-state index contributed by atoms with van der Waals surface area (Å²) in [5.41, 5.74) is 1.17. The zero-order valence-corrected chi connectivity index (χ0v) is 12.5. The molecule has 1 aliphatic heterocycles. The van der Waals surface area contributed by atoms with Crippen LogP contribution < -0.4 is 5.32 Å². The fraction of sp³-hybridized carbons (Fsp3) is 0.200. The molecule has 1 saturated heterocycles. The second-order valence-electron chi connectivity index (χ2n) is 5.26. The van der Waals surface area contributed by atoms with Gasteiger partial charge in [-0.1, -0.05) is 12.1 Å². The molecule has 2 heterocycles. The van der Waals surface area contributed by atoms with Crippen LogP contribution in [0.1, 0.15) is 13.8 Å². The maximum Gasteiger partial charge on any atom is 0.350 e. The largest absolute Gasteiger partial charge is 0.419 e. The monoisotopic (exact) mass is 314 g/mol. The van der Waals surface area contributed by atoms with Gasteiger partial charge in [-0.2, -0.15) is 5.10 Å². The molecule has 8 heteroatoms. The summed E-state index contributed by atoms with van der Waals surface area (Å²) in [6, 6.07) is 7.24. The Morgan fingerprint density at radius 3 is 2.52 bits per heavy atom. The van der Waals surface area contributed by atoms with E-state index in [0.29, 0.717) is 11.5 Å². The summed E-state index contributed by atoms with van der Waals surface area (Å²) in [5.74, 6) is -2.18. The van der Waals surface area contributed by atoms with Crippen LogP contribution in [0, 0.1) is 0 Å². The molecule has 8 nitrogen and oxygen atoms in total. The first kappa shape index (κ1) is 14.8. The summed E-state index contributed by atoms with van der Waals surface area (Å²) in [6.07, 6.45) is 2.65. The third kappa shape index (κ3) is 3.05. The van der Waals surface area contributed by atoms with E-state index in [4.69, 9.17) is 9.47 Å². The van der Waals surface area contributed by atoms with Gasteiger partial charge in [0.2, 0.25) is 0 Å². The van der Waals surface area contributed by atoms with Crippen molar-refractivity contribution in [2.45, 2.75) is 19.6 Å². The molecule has 0 spiro atoms. The van der Waals surface area contributed by atoms with E-state index >= 15 is 0 Å². The first-order valence-electron chi connectivity index (χ1n) is 6.84. The van der Waals surface area contributed by atoms with Crippen molar-refractivity contribution in [3.05, 3.63) is 42.4 Å². The number of anilines is 1. The lowest BCUT2D eigenvalue weighted by Gasteiger charge is -2.29. The zero-order valence-electron chi connectivity index (χ0n) is 12.5. The Balaban J connectivity index is 1.86. The average molecular weight is 314 g/mol. The molecule has 1 aromatic carbocycles. The van der Waals surface area contributed by atoms with Crippen LogP contribution in [0.3, 0.4) is 0 Å². The van der Waals surface area contributed by atoms with E-state index in [2.05, 4.69) is 20.5 Å². The van der Waals surface area contributed by atoms with E-state index in [1.54, 1.807) is 12.1 Å². The SMILES string of the molecule is CC1(C)OC(=O)C(=CNc2ccccc2-c2ncn[nH]2)C(=O)O1. The number of H-pyrrole nitrogens is 1. The molecule has 0 saturated carbocycles. The molecule has 23 heavy (non-hydrogen) atoms. The van der Waals surface area contributed by atoms with Gasteiger partial charge in [0, 0.05) is 31.3 Å². The topological polar surface area (TPSA) is 106 Å². The number of aromatic amines is 1. The van der Waals surface area contributed by atoms with Gasteiger partial charge in [-0.25, -0.2) is 14.6 Å². The van der Waals surface area contributed by atoms with E-state index in [1.165, 1.54) is 26.4 Å². The Hall–Kier alpha value is -3.16. The second-order valence-corrected chi connectivity index (χ2v) is 5.26. The van der Waals surface area contributed by atoms with Crippen molar-refractivity contribution in [2.75, 3.05) is 5.32 Å². The Bertz CT molecular complexity index is 759. The molecule has 1 fully saturated rings. The molecule has 0 unspecified atom stereocenters. The number of carbonyl (C=O) groups is 2. The van der Waals surface area contributed by atoms with Gasteiger partial charge in [0.05, 0.1) is 0 Å². The van der Waals surface area contributed by atoms with Gasteiger partial charge >= 0.3 is 11.9 Å². The predicted molar refractivity (Wildman–Crippen MR) is 79.8 cm³/mol. The summed E-state index contributed by atoms with van der Waals surface area (Å²) in [7, 11) is 0. The number of hydrogen-bond donors (Lipinski definition) is 2. The predicted octanol–water partition coefficient (Wildman–Crippen LogP) is 1.60. The van der Waals surface area contributed by atoms with Gasteiger partial charge in [-0.15, -0.1) is 0 Å². The minimum Gasteiger partial charge on any atom is -0.419 e. The van der Waals surface area contributed by atoms with E-state index in [-0.39, 0.29) is 5.57 Å². The van der Waals surface area contributed by atoms with Gasteiger partial charge < -0.3 is 14.8 Å². The number of nitrogens with one attached hydrogen (secondary N) is 2. The molecule has 2 N–H and O–H groups in total. The van der Waals surface area contributed by atoms with Gasteiger partial charge in [0.15, 0.2) is 11.4 Å². The number of carbonyl (C=O) groups excluding carboxylic acids is 2. The Morgan fingerprint density at radius 1 is 1.17 bits per heavy atom. The number of cyclic esters (lactones) is 2. The van der Waals surface area contributed by atoms with Gasteiger partial charge in [-0.3, -0.25) is 5.10 Å². The van der Waals surface area contributed by atoms with Crippen molar-refractivity contribution in [2.24, 2.45) is 0 Å². The number of nitrogens with zero attached hydrogens (tertiary/aromatic N) is 2. The zero-order chi connectivity index (χ0) is 16.4. The molecule has 3 rings (SSSR count). The maximum absolute atomic E-state index is 11.9. The number of benzene rings is 1. The first-order valence-corrected chi connectivity index (χ1v) is 6.84. The molecule has 0 radical (unpaired) electrons. The lowest BCUT2D eigenvalue weighted by Crippen LogP contribution is -2.42. The van der Waals surface area contributed by atoms with Crippen LogP contribution in [-0.2, 0) is 19.1 Å². The lowest BCUT2D eigenvalue weighted by molar-refractivity contribution is -0.222. The molecule has 0 bridgehead atoms. The Labute approximate surface area is 131 Å². The van der Waals surface area contributed by atoms with Crippen molar-refractivity contribution < 1.29 is 19.1 Å². The van der Waals surface area contributed by atoms with Crippen molar-refractivity contribution in [1.29, 1.82) is 0 Å². The standard InChI is InChI=1S/C15H14N4O4/c1-15(2)22-13(20)10(14(21)23-15)7-16-11-6-4-3-5-9(11)12-17-8-18-19-12/h3-8,16H,1-2H3,(H,17,18,19). The molecule has 118 valence electrons.